The predicted octanol–water partition coefficient (Wildman–Crippen LogP) is 4.01. The maximum atomic E-state index is 12.0. The first-order valence-electron chi connectivity index (χ1n) is 6.02. The Morgan fingerprint density at radius 2 is 2.16 bits per heavy atom. The Kier molecular flexibility index (Phi) is 3.90. The van der Waals surface area contributed by atoms with Crippen molar-refractivity contribution in [2.45, 2.75) is 26.7 Å². The van der Waals surface area contributed by atoms with Crippen LogP contribution in [0.1, 0.15) is 41.6 Å². The van der Waals surface area contributed by atoms with Crippen LogP contribution in [0.4, 0.5) is 5.69 Å². The Balaban J connectivity index is 2.18. The number of carbonyl (C=O) groups excluding carboxylic acids is 1. The van der Waals surface area contributed by atoms with E-state index in [2.05, 4.69) is 10.5 Å². The molecule has 0 spiro atoms. The highest BCUT2D eigenvalue weighted by Gasteiger charge is 2.15. The minimum atomic E-state index is -0.305. The van der Waals surface area contributed by atoms with Crippen LogP contribution in [0.5, 0.6) is 0 Å². The first-order valence-corrected chi connectivity index (χ1v) is 6.40. The van der Waals surface area contributed by atoms with Crippen LogP contribution < -0.4 is 5.32 Å². The van der Waals surface area contributed by atoms with Gasteiger partial charge in [-0.1, -0.05) is 36.7 Å². The number of benzene rings is 1. The van der Waals surface area contributed by atoms with E-state index in [0.717, 1.165) is 5.56 Å². The number of halogens is 1. The second-order valence-electron chi connectivity index (χ2n) is 4.64. The molecular weight excluding hydrogens is 264 g/mol. The molecule has 19 heavy (non-hydrogen) atoms. The van der Waals surface area contributed by atoms with E-state index in [-0.39, 0.29) is 17.5 Å². The molecule has 0 aliphatic carbocycles. The average Bonchev–Trinajstić information content (AvgIpc) is 2.84. The number of hydrogen-bond acceptors (Lipinski definition) is 3. The van der Waals surface area contributed by atoms with Gasteiger partial charge >= 0.3 is 0 Å². The number of nitrogens with one attached hydrogen (secondary N) is 1. The molecule has 4 nitrogen and oxygen atoms in total. The third-order valence-corrected chi connectivity index (χ3v) is 3.26. The molecule has 0 saturated carbocycles. The number of nitrogens with zero attached hydrogens (tertiary/aromatic N) is 1. The molecule has 1 aromatic heterocycles. The number of carbonyl (C=O) groups is 1. The molecule has 0 radical (unpaired) electrons. The summed E-state index contributed by atoms with van der Waals surface area (Å²) in [6.07, 6.45) is 0. The lowest BCUT2D eigenvalue weighted by Crippen LogP contribution is -2.13. The van der Waals surface area contributed by atoms with Crippen molar-refractivity contribution in [3.05, 3.63) is 46.3 Å². The minimum absolute atomic E-state index is 0.196. The van der Waals surface area contributed by atoms with Gasteiger partial charge in [-0.05, 0) is 24.6 Å². The van der Waals surface area contributed by atoms with E-state index in [0.29, 0.717) is 16.5 Å². The van der Waals surface area contributed by atoms with Gasteiger partial charge in [-0.15, -0.1) is 0 Å². The Morgan fingerprint density at radius 3 is 2.79 bits per heavy atom. The molecule has 0 atom stereocenters. The fourth-order valence-corrected chi connectivity index (χ4v) is 1.77. The van der Waals surface area contributed by atoms with E-state index in [1.165, 1.54) is 0 Å². The molecule has 100 valence electrons. The van der Waals surface area contributed by atoms with Gasteiger partial charge in [0.05, 0.1) is 0 Å². The fourth-order valence-electron chi connectivity index (χ4n) is 1.60. The summed E-state index contributed by atoms with van der Waals surface area (Å²) < 4.78 is 5.10. The molecule has 5 heteroatoms. The third kappa shape index (κ3) is 2.96. The number of rotatable bonds is 3. The Labute approximate surface area is 116 Å². The monoisotopic (exact) mass is 278 g/mol. The lowest BCUT2D eigenvalue weighted by molar-refractivity contribution is 0.101. The van der Waals surface area contributed by atoms with Gasteiger partial charge in [0.15, 0.2) is 5.69 Å². The molecule has 2 rings (SSSR count). The zero-order valence-electron chi connectivity index (χ0n) is 11.0. The van der Waals surface area contributed by atoms with Crippen LogP contribution in [0, 0.1) is 6.92 Å². The van der Waals surface area contributed by atoms with Crippen LogP contribution in [0.3, 0.4) is 0 Å². The summed E-state index contributed by atoms with van der Waals surface area (Å²) in [5.74, 6) is 0.580. The minimum Gasteiger partial charge on any atom is -0.360 e. The van der Waals surface area contributed by atoms with Crippen molar-refractivity contribution >= 4 is 23.2 Å². The van der Waals surface area contributed by atoms with Gasteiger partial charge in [0.2, 0.25) is 0 Å². The molecule has 0 aliphatic heterocycles. The van der Waals surface area contributed by atoms with Crippen LogP contribution in [0.2, 0.25) is 5.02 Å². The van der Waals surface area contributed by atoms with Crippen LogP contribution >= 0.6 is 11.6 Å². The number of amides is 1. The third-order valence-electron chi connectivity index (χ3n) is 2.85. The first-order chi connectivity index (χ1) is 8.99. The van der Waals surface area contributed by atoms with Crippen molar-refractivity contribution in [2.75, 3.05) is 5.32 Å². The molecule has 1 amide bonds. The van der Waals surface area contributed by atoms with Gasteiger partial charge in [0.1, 0.15) is 5.76 Å². The largest absolute Gasteiger partial charge is 0.360 e. The normalized spacial score (nSPS) is 10.8. The fraction of sp³-hybridized carbons (Fsp3) is 0.286. The van der Waals surface area contributed by atoms with Crippen molar-refractivity contribution in [2.24, 2.45) is 0 Å². The first kappa shape index (κ1) is 13.6. The molecule has 1 aromatic carbocycles. The van der Waals surface area contributed by atoms with Gasteiger partial charge in [-0.3, -0.25) is 4.79 Å². The Bertz CT molecular complexity index is 605. The Hall–Kier alpha value is -1.81. The lowest BCUT2D eigenvalue weighted by Gasteiger charge is -2.07. The highest BCUT2D eigenvalue weighted by molar-refractivity contribution is 6.31. The summed E-state index contributed by atoms with van der Waals surface area (Å²) in [6.45, 7) is 5.80. The quantitative estimate of drug-likeness (QED) is 0.923. The van der Waals surface area contributed by atoms with Crippen molar-refractivity contribution in [3.63, 3.8) is 0 Å². The van der Waals surface area contributed by atoms with Gasteiger partial charge in [0, 0.05) is 22.7 Å². The highest BCUT2D eigenvalue weighted by atomic mass is 35.5. The Morgan fingerprint density at radius 1 is 1.42 bits per heavy atom. The van der Waals surface area contributed by atoms with E-state index < -0.39 is 0 Å². The highest BCUT2D eigenvalue weighted by Crippen LogP contribution is 2.23. The second-order valence-corrected chi connectivity index (χ2v) is 5.04. The van der Waals surface area contributed by atoms with Crippen molar-refractivity contribution in [1.82, 2.24) is 5.16 Å². The second kappa shape index (κ2) is 5.45. The summed E-state index contributed by atoms with van der Waals surface area (Å²) in [5, 5.41) is 7.15. The average molecular weight is 279 g/mol. The molecule has 0 saturated heterocycles. The summed E-state index contributed by atoms with van der Waals surface area (Å²) in [5.41, 5.74) is 1.76. The van der Waals surface area contributed by atoms with E-state index in [4.69, 9.17) is 16.1 Å². The van der Waals surface area contributed by atoms with Crippen LogP contribution in [0.15, 0.2) is 28.8 Å². The van der Waals surface area contributed by atoms with Crippen molar-refractivity contribution in [1.29, 1.82) is 0 Å². The maximum absolute atomic E-state index is 12.0. The predicted molar refractivity (Wildman–Crippen MR) is 74.7 cm³/mol. The van der Waals surface area contributed by atoms with Gasteiger partial charge in [-0.25, -0.2) is 0 Å². The molecule has 0 aliphatic rings. The molecule has 1 heterocycles. The molecule has 0 bridgehead atoms. The number of aromatic nitrogens is 1. The zero-order chi connectivity index (χ0) is 14.0. The van der Waals surface area contributed by atoms with Crippen LogP contribution in [-0.2, 0) is 0 Å². The molecule has 0 fully saturated rings. The summed E-state index contributed by atoms with van der Waals surface area (Å²) in [4.78, 5) is 12.0. The lowest BCUT2D eigenvalue weighted by atomic mass is 10.1. The zero-order valence-corrected chi connectivity index (χ0v) is 11.8. The molecular formula is C14H15ClN2O2. The van der Waals surface area contributed by atoms with Crippen LogP contribution in [-0.4, -0.2) is 11.1 Å². The van der Waals surface area contributed by atoms with E-state index in [1.807, 2.05) is 20.8 Å². The SMILES string of the molecule is Cc1c(Cl)cccc1NC(=O)c1cc(C(C)C)on1. The van der Waals surface area contributed by atoms with Crippen LogP contribution in [0.25, 0.3) is 0 Å². The maximum Gasteiger partial charge on any atom is 0.277 e. The summed E-state index contributed by atoms with van der Waals surface area (Å²) in [7, 11) is 0. The number of hydrogen-bond donors (Lipinski definition) is 1. The summed E-state index contributed by atoms with van der Waals surface area (Å²) >= 11 is 6.00. The van der Waals surface area contributed by atoms with Crippen molar-refractivity contribution < 1.29 is 9.32 Å². The van der Waals surface area contributed by atoms with Gasteiger partial charge in [-0.2, -0.15) is 0 Å². The van der Waals surface area contributed by atoms with Gasteiger partial charge in [0.25, 0.3) is 5.91 Å². The van der Waals surface area contributed by atoms with E-state index in [1.54, 1.807) is 24.3 Å². The number of anilines is 1. The van der Waals surface area contributed by atoms with Crippen molar-refractivity contribution in [3.8, 4) is 0 Å². The van der Waals surface area contributed by atoms with E-state index in [9.17, 15) is 4.79 Å². The topological polar surface area (TPSA) is 55.1 Å². The van der Waals surface area contributed by atoms with Gasteiger partial charge < -0.3 is 9.84 Å². The van der Waals surface area contributed by atoms with E-state index >= 15 is 0 Å². The standard InChI is InChI=1S/C14H15ClN2O2/c1-8(2)13-7-12(17-19-13)14(18)16-11-6-4-5-10(15)9(11)3/h4-8H,1-3H3,(H,16,18). The molecule has 0 unspecified atom stereocenters. The summed E-state index contributed by atoms with van der Waals surface area (Å²) in [6, 6.07) is 7.01. The molecule has 1 N–H and O–H groups in total. The molecule has 2 aromatic rings. The smallest absolute Gasteiger partial charge is 0.277 e.